The number of halogens is 1. The number of hydrogen-bond acceptors (Lipinski definition) is 4. The average Bonchev–Trinajstić information content (AvgIpc) is 2.51. The van der Waals surface area contributed by atoms with Gasteiger partial charge in [0.05, 0.1) is 19.3 Å². The third-order valence-electron chi connectivity index (χ3n) is 4.26. The maximum absolute atomic E-state index is 13.8. The fourth-order valence-electron chi connectivity index (χ4n) is 2.79. The van der Waals surface area contributed by atoms with E-state index in [0.717, 1.165) is 6.07 Å². The molecule has 23 heavy (non-hydrogen) atoms. The van der Waals surface area contributed by atoms with E-state index in [9.17, 15) is 17.6 Å². The fourth-order valence-corrected chi connectivity index (χ4v) is 4.32. The van der Waals surface area contributed by atoms with Gasteiger partial charge in [0.25, 0.3) is 0 Å². The van der Waals surface area contributed by atoms with E-state index in [1.807, 2.05) is 0 Å². The molecule has 0 aromatic heterocycles. The van der Waals surface area contributed by atoms with Crippen LogP contribution in [0.4, 0.5) is 4.39 Å². The number of rotatable bonds is 4. The van der Waals surface area contributed by atoms with Crippen LogP contribution >= 0.6 is 0 Å². The van der Waals surface area contributed by atoms with E-state index >= 15 is 0 Å². The minimum atomic E-state index is -3.85. The lowest BCUT2D eigenvalue weighted by molar-refractivity contribution is -0.130. The molecule has 2 aliphatic heterocycles. The van der Waals surface area contributed by atoms with Crippen molar-refractivity contribution in [1.29, 1.82) is 0 Å². The highest BCUT2D eigenvalue weighted by Crippen LogP contribution is 2.25. The summed E-state index contributed by atoms with van der Waals surface area (Å²) >= 11 is 0. The van der Waals surface area contributed by atoms with Crippen molar-refractivity contribution >= 4 is 15.9 Å². The lowest BCUT2D eigenvalue weighted by atomic mass is 9.97. The molecule has 6 nitrogen and oxygen atoms in total. The van der Waals surface area contributed by atoms with Crippen LogP contribution in [0, 0.1) is 11.7 Å². The quantitative estimate of drug-likeness (QED) is 0.876. The highest BCUT2D eigenvalue weighted by atomic mass is 32.2. The van der Waals surface area contributed by atoms with Crippen molar-refractivity contribution in [1.82, 2.24) is 9.62 Å². The highest BCUT2D eigenvalue weighted by Gasteiger charge is 2.34. The van der Waals surface area contributed by atoms with Crippen LogP contribution in [0.5, 0.6) is 0 Å². The monoisotopic (exact) mass is 342 g/mol. The molecule has 2 saturated heterocycles. The number of sulfonamides is 1. The molecule has 0 unspecified atom stereocenters. The number of hydrogen-bond donors (Lipinski definition) is 1. The summed E-state index contributed by atoms with van der Waals surface area (Å²) in [6.45, 7) is 1.50. The molecule has 0 saturated carbocycles. The molecule has 2 aliphatic rings. The third-order valence-corrected chi connectivity index (χ3v) is 6.20. The van der Waals surface area contributed by atoms with E-state index in [4.69, 9.17) is 4.74 Å². The van der Waals surface area contributed by atoms with Gasteiger partial charge < -0.3 is 10.1 Å². The van der Waals surface area contributed by atoms with Crippen molar-refractivity contribution < 1.29 is 22.3 Å². The van der Waals surface area contributed by atoms with Crippen LogP contribution in [0.2, 0.25) is 0 Å². The SMILES string of the molecule is O=C(NC1COC1)C1CCN(S(=O)(=O)c2ccccc2F)CC1. The van der Waals surface area contributed by atoms with E-state index < -0.39 is 15.8 Å². The molecule has 8 heteroatoms. The minimum absolute atomic E-state index is 0.0544. The molecule has 1 amide bonds. The molecule has 0 atom stereocenters. The molecule has 2 heterocycles. The number of piperidine rings is 1. The van der Waals surface area contributed by atoms with Gasteiger partial charge in [0.15, 0.2) is 0 Å². The minimum Gasteiger partial charge on any atom is -0.377 e. The van der Waals surface area contributed by atoms with Crippen LogP contribution in [0.15, 0.2) is 29.2 Å². The zero-order valence-electron chi connectivity index (χ0n) is 12.6. The molecule has 3 rings (SSSR count). The zero-order valence-corrected chi connectivity index (χ0v) is 13.4. The summed E-state index contributed by atoms with van der Waals surface area (Å²) in [4.78, 5) is 11.8. The summed E-state index contributed by atoms with van der Waals surface area (Å²) in [5.41, 5.74) is 0. The van der Waals surface area contributed by atoms with E-state index in [0.29, 0.717) is 26.1 Å². The van der Waals surface area contributed by atoms with E-state index in [2.05, 4.69) is 5.32 Å². The Morgan fingerprint density at radius 2 is 1.87 bits per heavy atom. The Morgan fingerprint density at radius 3 is 2.43 bits per heavy atom. The predicted molar refractivity (Wildman–Crippen MR) is 80.6 cm³/mol. The second-order valence-electron chi connectivity index (χ2n) is 5.85. The lowest BCUT2D eigenvalue weighted by Gasteiger charge is -2.33. The molecule has 1 aromatic carbocycles. The number of nitrogens with one attached hydrogen (secondary N) is 1. The summed E-state index contributed by atoms with van der Waals surface area (Å²) in [6, 6.07) is 5.42. The predicted octanol–water partition coefficient (Wildman–Crippen LogP) is 0.741. The van der Waals surface area contributed by atoms with Gasteiger partial charge in [0.2, 0.25) is 15.9 Å². The number of benzene rings is 1. The van der Waals surface area contributed by atoms with Crippen LogP contribution in [-0.4, -0.2) is 51.0 Å². The molecule has 2 fully saturated rings. The van der Waals surface area contributed by atoms with Crippen LogP contribution in [0.3, 0.4) is 0 Å². The second kappa shape index (κ2) is 6.54. The molecule has 1 N–H and O–H groups in total. The Kier molecular flexibility index (Phi) is 4.65. The molecule has 0 spiro atoms. The van der Waals surface area contributed by atoms with Gasteiger partial charge in [-0.15, -0.1) is 0 Å². The van der Waals surface area contributed by atoms with Gasteiger partial charge in [-0.1, -0.05) is 12.1 Å². The topological polar surface area (TPSA) is 75.7 Å². The summed E-state index contributed by atoms with van der Waals surface area (Å²) < 4.78 is 45.0. The molecule has 0 radical (unpaired) electrons. The van der Waals surface area contributed by atoms with Gasteiger partial charge in [-0.05, 0) is 25.0 Å². The Morgan fingerprint density at radius 1 is 1.22 bits per heavy atom. The van der Waals surface area contributed by atoms with Crippen molar-refractivity contribution in [2.75, 3.05) is 26.3 Å². The Hall–Kier alpha value is -1.51. The van der Waals surface area contributed by atoms with Crippen molar-refractivity contribution in [3.63, 3.8) is 0 Å². The molecule has 1 aromatic rings. The normalized spacial score (nSPS) is 20.9. The van der Waals surface area contributed by atoms with Crippen LogP contribution in [0.25, 0.3) is 0 Å². The van der Waals surface area contributed by atoms with Gasteiger partial charge >= 0.3 is 0 Å². The van der Waals surface area contributed by atoms with Gasteiger partial charge in [0, 0.05) is 19.0 Å². The Balaban J connectivity index is 1.62. The van der Waals surface area contributed by atoms with Gasteiger partial charge in [-0.25, -0.2) is 12.8 Å². The standard InChI is InChI=1S/C15H19FN2O4S/c16-13-3-1-2-4-14(13)23(20,21)18-7-5-11(6-8-18)15(19)17-12-9-22-10-12/h1-4,11-12H,5-10H2,(H,17,19). The van der Waals surface area contributed by atoms with Gasteiger partial charge in [-0.2, -0.15) is 4.31 Å². The molecular formula is C15H19FN2O4S. The smallest absolute Gasteiger partial charge is 0.245 e. The van der Waals surface area contributed by atoms with Gasteiger partial charge in [-0.3, -0.25) is 4.79 Å². The van der Waals surface area contributed by atoms with Crippen LogP contribution in [0.1, 0.15) is 12.8 Å². The summed E-state index contributed by atoms with van der Waals surface area (Å²) in [7, 11) is -3.85. The maximum atomic E-state index is 13.8. The number of amides is 1. The molecule has 126 valence electrons. The van der Waals surface area contributed by atoms with Crippen molar-refractivity contribution in [3.05, 3.63) is 30.1 Å². The molecule has 0 aliphatic carbocycles. The number of carbonyl (C=O) groups excluding carboxylic acids is 1. The highest BCUT2D eigenvalue weighted by molar-refractivity contribution is 7.89. The first-order valence-electron chi connectivity index (χ1n) is 7.61. The third kappa shape index (κ3) is 3.39. The summed E-state index contributed by atoms with van der Waals surface area (Å²) in [5.74, 6) is -1.01. The lowest BCUT2D eigenvalue weighted by Crippen LogP contribution is -2.52. The van der Waals surface area contributed by atoms with Crippen molar-refractivity contribution in [2.45, 2.75) is 23.8 Å². The van der Waals surface area contributed by atoms with Crippen LogP contribution < -0.4 is 5.32 Å². The van der Waals surface area contributed by atoms with E-state index in [1.165, 1.54) is 22.5 Å². The Labute approximate surface area is 134 Å². The number of nitrogens with zero attached hydrogens (tertiary/aromatic N) is 1. The van der Waals surface area contributed by atoms with E-state index in [1.54, 1.807) is 0 Å². The van der Waals surface area contributed by atoms with Gasteiger partial charge in [0.1, 0.15) is 10.7 Å². The number of carbonyl (C=O) groups is 1. The van der Waals surface area contributed by atoms with E-state index in [-0.39, 0.29) is 35.9 Å². The fraction of sp³-hybridized carbons (Fsp3) is 0.533. The first-order valence-corrected chi connectivity index (χ1v) is 9.05. The molecular weight excluding hydrogens is 323 g/mol. The van der Waals surface area contributed by atoms with Crippen molar-refractivity contribution in [3.8, 4) is 0 Å². The summed E-state index contributed by atoms with van der Waals surface area (Å²) in [6.07, 6.45) is 0.875. The summed E-state index contributed by atoms with van der Waals surface area (Å²) in [5, 5.41) is 2.89. The Bertz CT molecular complexity index is 682. The largest absolute Gasteiger partial charge is 0.377 e. The maximum Gasteiger partial charge on any atom is 0.245 e. The molecule has 0 bridgehead atoms. The zero-order chi connectivity index (χ0) is 16.4. The second-order valence-corrected chi connectivity index (χ2v) is 7.76. The van der Waals surface area contributed by atoms with Crippen molar-refractivity contribution in [2.24, 2.45) is 5.92 Å². The number of ether oxygens (including phenoxy) is 1. The first-order chi connectivity index (χ1) is 11.0. The van der Waals surface area contributed by atoms with Crippen LogP contribution in [-0.2, 0) is 19.6 Å². The first kappa shape index (κ1) is 16.4. The average molecular weight is 342 g/mol.